The molecule has 1 amide bonds. The van der Waals surface area contributed by atoms with Crippen molar-refractivity contribution >= 4 is 60.9 Å². The molecule has 0 radical (unpaired) electrons. The third-order valence-corrected chi connectivity index (χ3v) is 5.27. The predicted octanol–water partition coefficient (Wildman–Crippen LogP) is 3.83. The molecule has 0 saturated carbocycles. The molecule has 3 rings (SSSR count). The van der Waals surface area contributed by atoms with Gasteiger partial charge >= 0.3 is 0 Å². The number of nitrogens with one attached hydrogen (secondary N) is 1. The predicted molar refractivity (Wildman–Crippen MR) is 107 cm³/mol. The van der Waals surface area contributed by atoms with E-state index in [1.54, 1.807) is 6.07 Å². The molecule has 0 aliphatic rings. The van der Waals surface area contributed by atoms with Gasteiger partial charge in [-0.1, -0.05) is 45.9 Å². The van der Waals surface area contributed by atoms with Crippen molar-refractivity contribution in [2.75, 3.05) is 11.1 Å². The number of carbonyl (C=O) groups is 1. The maximum Gasteiger partial charge on any atom is 0.295 e. The molecule has 138 valence electrons. The molecule has 0 saturated heterocycles. The minimum Gasteiger partial charge on any atom is -0.319 e. The van der Waals surface area contributed by atoms with Gasteiger partial charge in [-0.15, -0.1) is 5.10 Å². The van der Waals surface area contributed by atoms with Crippen LogP contribution < -0.4 is 5.32 Å². The van der Waals surface area contributed by atoms with Crippen LogP contribution in [0, 0.1) is 10.1 Å². The van der Waals surface area contributed by atoms with Crippen LogP contribution in [0.1, 0.15) is 0 Å². The average Bonchev–Trinajstić information content (AvgIpc) is 3.11. The normalized spacial score (nSPS) is 10.6. The van der Waals surface area contributed by atoms with Crippen molar-refractivity contribution < 1.29 is 9.72 Å². The van der Waals surface area contributed by atoms with Crippen LogP contribution in [0.15, 0.2) is 56.6 Å². The summed E-state index contributed by atoms with van der Waals surface area (Å²) in [5, 5.41) is 25.7. The Morgan fingerprint density at radius 3 is 2.70 bits per heavy atom. The molecule has 1 heterocycles. The number of hydrogen-bond acceptors (Lipinski definition) is 7. The first-order valence-electron chi connectivity index (χ1n) is 7.35. The second kappa shape index (κ2) is 8.59. The maximum absolute atomic E-state index is 12.3. The van der Waals surface area contributed by atoms with E-state index in [-0.39, 0.29) is 17.1 Å². The molecular weight excluding hydrogens is 504 g/mol. The zero-order chi connectivity index (χ0) is 19.4. The van der Waals surface area contributed by atoms with Crippen molar-refractivity contribution in [1.29, 1.82) is 0 Å². The van der Waals surface area contributed by atoms with Crippen LogP contribution in [-0.2, 0) is 4.79 Å². The van der Waals surface area contributed by atoms with Gasteiger partial charge in [0.1, 0.15) is 5.69 Å². The number of amides is 1. The fourth-order valence-corrected chi connectivity index (χ4v) is 4.13. The highest BCUT2D eigenvalue weighted by atomic mass is 79.9. The highest BCUT2D eigenvalue weighted by Gasteiger charge is 2.21. The first-order chi connectivity index (χ1) is 13.0. The summed E-state index contributed by atoms with van der Waals surface area (Å²) in [6, 6.07) is 12.2. The summed E-state index contributed by atoms with van der Waals surface area (Å²) < 4.78 is 2.43. The third-order valence-electron chi connectivity index (χ3n) is 3.27. The summed E-state index contributed by atoms with van der Waals surface area (Å²) in [7, 11) is 0. The molecule has 0 aliphatic carbocycles. The van der Waals surface area contributed by atoms with Crippen LogP contribution in [0.3, 0.4) is 0 Å². The van der Waals surface area contributed by atoms with E-state index in [9.17, 15) is 14.9 Å². The number of hydrogen-bond donors (Lipinski definition) is 1. The number of nitrogens with zero attached hydrogens (tertiary/aromatic N) is 5. The second-order valence-corrected chi connectivity index (χ2v) is 7.80. The van der Waals surface area contributed by atoms with E-state index in [2.05, 4.69) is 52.7 Å². The van der Waals surface area contributed by atoms with Crippen molar-refractivity contribution in [1.82, 2.24) is 20.2 Å². The SMILES string of the molecule is O=C(CSc1nnnn1-c1ccccc1)Nc1c(Br)cc(Br)cc1[N+](=O)[O-]. The van der Waals surface area contributed by atoms with Gasteiger partial charge in [0.15, 0.2) is 0 Å². The Morgan fingerprint density at radius 2 is 2.00 bits per heavy atom. The molecule has 0 atom stereocenters. The van der Waals surface area contributed by atoms with Gasteiger partial charge in [-0.25, -0.2) is 0 Å². The largest absolute Gasteiger partial charge is 0.319 e. The molecule has 1 N–H and O–H groups in total. The van der Waals surface area contributed by atoms with Crippen molar-refractivity contribution in [2.45, 2.75) is 5.16 Å². The van der Waals surface area contributed by atoms with Crippen molar-refractivity contribution in [3.63, 3.8) is 0 Å². The molecule has 9 nitrogen and oxygen atoms in total. The number of tetrazole rings is 1. The Labute approximate surface area is 173 Å². The van der Waals surface area contributed by atoms with Crippen molar-refractivity contribution in [3.05, 3.63) is 61.5 Å². The van der Waals surface area contributed by atoms with Gasteiger partial charge in [-0.3, -0.25) is 14.9 Å². The molecule has 0 aliphatic heterocycles. The van der Waals surface area contributed by atoms with Crippen molar-refractivity contribution in [2.24, 2.45) is 0 Å². The number of nitro benzene ring substituents is 1. The lowest BCUT2D eigenvalue weighted by Gasteiger charge is -2.09. The summed E-state index contributed by atoms with van der Waals surface area (Å²) >= 11 is 7.55. The molecule has 27 heavy (non-hydrogen) atoms. The number of thioether (sulfide) groups is 1. The van der Waals surface area contributed by atoms with Gasteiger partial charge in [0.2, 0.25) is 11.1 Å². The van der Waals surface area contributed by atoms with E-state index in [1.165, 1.54) is 10.7 Å². The lowest BCUT2D eigenvalue weighted by molar-refractivity contribution is -0.384. The molecule has 12 heteroatoms. The number of anilines is 1. The van der Waals surface area contributed by atoms with Crippen LogP contribution in [0.2, 0.25) is 0 Å². The van der Waals surface area contributed by atoms with Crippen LogP contribution in [0.4, 0.5) is 11.4 Å². The molecule has 2 aromatic carbocycles. The minimum atomic E-state index is -0.561. The number of aromatic nitrogens is 4. The van der Waals surface area contributed by atoms with E-state index < -0.39 is 10.8 Å². The molecule has 1 aromatic heterocycles. The smallest absolute Gasteiger partial charge is 0.295 e. The van der Waals surface area contributed by atoms with Gasteiger partial charge < -0.3 is 5.32 Å². The fourth-order valence-electron chi connectivity index (χ4n) is 2.13. The topological polar surface area (TPSA) is 116 Å². The highest BCUT2D eigenvalue weighted by Crippen LogP contribution is 2.36. The Morgan fingerprint density at radius 1 is 1.26 bits per heavy atom. The Hall–Kier alpha value is -2.31. The van der Waals surface area contributed by atoms with Crippen molar-refractivity contribution in [3.8, 4) is 5.69 Å². The van der Waals surface area contributed by atoms with Gasteiger partial charge in [-0.05, 0) is 44.6 Å². The summed E-state index contributed by atoms with van der Waals surface area (Å²) in [5.41, 5.74) is 0.636. The summed E-state index contributed by atoms with van der Waals surface area (Å²) in [6.07, 6.45) is 0. The lowest BCUT2D eigenvalue weighted by atomic mass is 10.2. The number of halogens is 2. The zero-order valence-electron chi connectivity index (χ0n) is 13.4. The van der Waals surface area contributed by atoms with E-state index in [1.807, 2.05) is 30.3 Å². The number of carbonyl (C=O) groups excluding carboxylic acids is 1. The first-order valence-corrected chi connectivity index (χ1v) is 9.92. The van der Waals surface area contributed by atoms with E-state index in [4.69, 9.17) is 0 Å². The zero-order valence-corrected chi connectivity index (χ0v) is 17.4. The van der Waals surface area contributed by atoms with E-state index >= 15 is 0 Å². The number of benzene rings is 2. The van der Waals surface area contributed by atoms with Crippen LogP contribution in [0.5, 0.6) is 0 Å². The highest BCUT2D eigenvalue weighted by molar-refractivity contribution is 9.11. The maximum atomic E-state index is 12.3. The molecule has 3 aromatic rings. The average molecular weight is 514 g/mol. The Balaban J connectivity index is 1.72. The van der Waals surface area contributed by atoms with Gasteiger partial charge in [-0.2, -0.15) is 4.68 Å². The number of para-hydroxylation sites is 1. The standard InChI is InChI=1S/C15H10Br2N6O3S/c16-9-6-11(17)14(12(7-9)23(25)26)18-13(24)8-27-15-19-20-21-22(15)10-4-2-1-3-5-10/h1-7H,8H2,(H,18,24). The van der Waals surface area contributed by atoms with Crippen LogP contribution >= 0.6 is 43.6 Å². The Kier molecular flexibility index (Phi) is 6.19. The third kappa shape index (κ3) is 4.70. The summed E-state index contributed by atoms with van der Waals surface area (Å²) in [5.74, 6) is -0.443. The quantitative estimate of drug-likeness (QED) is 0.302. The second-order valence-electron chi connectivity index (χ2n) is 5.08. The Bertz CT molecular complexity index is 998. The molecule has 0 bridgehead atoms. The van der Waals surface area contributed by atoms with Crippen LogP contribution in [-0.4, -0.2) is 36.8 Å². The monoisotopic (exact) mass is 512 g/mol. The molecule has 0 unspecified atom stereocenters. The molecule has 0 spiro atoms. The number of nitro groups is 1. The summed E-state index contributed by atoms with van der Waals surface area (Å²) in [6.45, 7) is 0. The molecular formula is C15H10Br2N6O3S. The molecule has 0 fully saturated rings. The summed E-state index contributed by atoms with van der Waals surface area (Å²) in [4.78, 5) is 23.0. The van der Waals surface area contributed by atoms with E-state index in [0.717, 1.165) is 17.4 Å². The fraction of sp³-hybridized carbons (Fsp3) is 0.0667. The van der Waals surface area contributed by atoms with Crippen LogP contribution in [0.25, 0.3) is 5.69 Å². The van der Waals surface area contributed by atoms with Gasteiger partial charge in [0, 0.05) is 15.0 Å². The van der Waals surface area contributed by atoms with Gasteiger partial charge in [0.05, 0.1) is 16.4 Å². The first kappa shape index (κ1) is 19.5. The lowest BCUT2D eigenvalue weighted by Crippen LogP contribution is -2.16. The van der Waals surface area contributed by atoms with Gasteiger partial charge in [0.25, 0.3) is 5.69 Å². The van der Waals surface area contributed by atoms with E-state index in [0.29, 0.717) is 14.1 Å². The minimum absolute atomic E-state index is 0.0210. The number of rotatable bonds is 6.